The number of hydrogen-bond acceptors (Lipinski definition) is 1. The fraction of sp³-hybridized carbons (Fsp3) is 0.455. The van der Waals surface area contributed by atoms with Gasteiger partial charge >= 0.3 is 6.18 Å². The smallest absolute Gasteiger partial charge is 0.388 e. The molecular weight excluding hydrogens is 241 g/mol. The molecule has 0 aliphatic heterocycles. The van der Waals surface area contributed by atoms with Crippen molar-refractivity contribution in [1.82, 2.24) is 0 Å². The molecule has 1 unspecified atom stereocenters. The topological polar surface area (TPSA) is 20.2 Å². The van der Waals surface area contributed by atoms with E-state index in [1.54, 1.807) is 19.1 Å². The Balaban J connectivity index is 2.73. The van der Waals surface area contributed by atoms with E-state index in [4.69, 9.17) is 11.6 Å². The minimum absolute atomic E-state index is 0.343. The van der Waals surface area contributed by atoms with Gasteiger partial charge in [0.2, 0.25) is 0 Å². The summed E-state index contributed by atoms with van der Waals surface area (Å²) in [6, 6.07) is 4.81. The van der Waals surface area contributed by atoms with Crippen LogP contribution in [0, 0.1) is 6.92 Å². The number of alkyl halides is 3. The molecule has 90 valence electrons. The lowest BCUT2D eigenvalue weighted by atomic mass is 10.00. The van der Waals surface area contributed by atoms with E-state index in [0.29, 0.717) is 10.6 Å². The lowest BCUT2D eigenvalue weighted by Crippen LogP contribution is -2.10. The molecule has 0 aliphatic rings. The third-order valence-corrected chi connectivity index (χ3v) is 2.54. The van der Waals surface area contributed by atoms with Crippen molar-refractivity contribution in [2.24, 2.45) is 0 Å². The predicted molar refractivity (Wildman–Crippen MR) is 56.4 cm³/mol. The summed E-state index contributed by atoms with van der Waals surface area (Å²) in [5.41, 5.74) is 1.19. The van der Waals surface area contributed by atoms with Crippen LogP contribution in [-0.2, 0) is 0 Å². The fourth-order valence-corrected chi connectivity index (χ4v) is 1.61. The zero-order chi connectivity index (χ0) is 12.3. The molecule has 0 amide bonds. The maximum atomic E-state index is 12.0. The van der Waals surface area contributed by atoms with Crippen LogP contribution in [0.15, 0.2) is 18.2 Å². The third kappa shape index (κ3) is 4.02. The summed E-state index contributed by atoms with van der Waals surface area (Å²) in [7, 11) is 0. The van der Waals surface area contributed by atoms with E-state index in [2.05, 4.69) is 0 Å². The molecule has 0 aromatic heterocycles. The van der Waals surface area contributed by atoms with Crippen LogP contribution in [0.4, 0.5) is 13.2 Å². The first-order valence-electron chi connectivity index (χ1n) is 4.80. The number of benzene rings is 1. The summed E-state index contributed by atoms with van der Waals surface area (Å²) in [4.78, 5) is 0. The Kier molecular flexibility index (Phi) is 4.21. The summed E-state index contributed by atoms with van der Waals surface area (Å²) in [6.45, 7) is 1.72. The van der Waals surface area contributed by atoms with Crippen molar-refractivity contribution >= 4 is 11.6 Å². The van der Waals surface area contributed by atoms with Crippen molar-refractivity contribution in [3.63, 3.8) is 0 Å². The first-order valence-corrected chi connectivity index (χ1v) is 5.18. The maximum Gasteiger partial charge on any atom is 0.389 e. The van der Waals surface area contributed by atoms with Gasteiger partial charge in [-0.2, -0.15) is 13.2 Å². The average Bonchev–Trinajstić information content (AvgIpc) is 2.17. The molecule has 0 radical (unpaired) electrons. The van der Waals surface area contributed by atoms with Crippen molar-refractivity contribution in [2.45, 2.75) is 32.0 Å². The van der Waals surface area contributed by atoms with E-state index in [1.807, 2.05) is 0 Å². The Morgan fingerprint density at radius 1 is 1.38 bits per heavy atom. The summed E-state index contributed by atoms with van der Waals surface area (Å²) < 4.78 is 35.9. The van der Waals surface area contributed by atoms with Crippen LogP contribution < -0.4 is 0 Å². The number of aliphatic hydroxyl groups excluding tert-OH is 1. The highest BCUT2D eigenvalue weighted by molar-refractivity contribution is 6.30. The minimum atomic E-state index is -4.24. The summed E-state index contributed by atoms with van der Waals surface area (Å²) in [6.07, 6.45) is -6.71. The van der Waals surface area contributed by atoms with E-state index >= 15 is 0 Å². The van der Waals surface area contributed by atoms with Crippen LogP contribution in [0.2, 0.25) is 5.02 Å². The molecule has 1 atom stereocenters. The highest BCUT2D eigenvalue weighted by Crippen LogP contribution is 2.29. The molecule has 0 spiro atoms. The lowest BCUT2D eigenvalue weighted by molar-refractivity contribution is -0.140. The monoisotopic (exact) mass is 252 g/mol. The van der Waals surface area contributed by atoms with Gasteiger partial charge in [0.15, 0.2) is 0 Å². The second-order valence-electron chi connectivity index (χ2n) is 3.67. The maximum absolute atomic E-state index is 12.0. The molecule has 0 fully saturated rings. The van der Waals surface area contributed by atoms with Gasteiger partial charge in [0, 0.05) is 11.4 Å². The standard InChI is InChI=1S/C11H12ClF3O/c1-7-2-3-8(12)6-9(7)10(16)4-5-11(13,14)15/h2-3,6,10,16H,4-5H2,1H3. The molecular formula is C11H12ClF3O. The van der Waals surface area contributed by atoms with Crippen molar-refractivity contribution in [3.8, 4) is 0 Å². The molecule has 1 nitrogen and oxygen atoms in total. The second-order valence-corrected chi connectivity index (χ2v) is 4.11. The zero-order valence-electron chi connectivity index (χ0n) is 8.68. The average molecular weight is 253 g/mol. The van der Waals surface area contributed by atoms with Gasteiger partial charge in [0.25, 0.3) is 0 Å². The molecule has 5 heteroatoms. The van der Waals surface area contributed by atoms with Crippen molar-refractivity contribution in [1.29, 1.82) is 0 Å². The molecule has 0 bridgehead atoms. The summed E-state index contributed by atoms with van der Waals surface area (Å²) >= 11 is 5.72. The molecule has 0 saturated heterocycles. The largest absolute Gasteiger partial charge is 0.389 e. The molecule has 1 aromatic rings. The number of halogens is 4. The number of aliphatic hydroxyl groups is 1. The van der Waals surface area contributed by atoms with E-state index in [9.17, 15) is 18.3 Å². The van der Waals surface area contributed by atoms with Crippen LogP contribution in [0.5, 0.6) is 0 Å². The minimum Gasteiger partial charge on any atom is -0.388 e. The molecule has 0 saturated carbocycles. The third-order valence-electron chi connectivity index (χ3n) is 2.30. The van der Waals surface area contributed by atoms with Crippen LogP contribution in [0.1, 0.15) is 30.1 Å². The van der Waals surface area contributed by atoms with Gasteiger partial charge in [-0.15, -0.1) is 0 Å². The number of hydrogen-bond donors (Lipinski definition) is 1. The van der Waals surface area contributed by atoms with Crippen LogP contribution in [-0.4, -0.2) is 11.3 Å². The first kappa shape index (κ1) is 13.3. The van der Waals surface area contributed by atoms with Crippen LogP contribution in [0.3, 0.4) is 0 Å². The second kappa shape index (κ2) is 5.06. The van der Waals surface area contributed by atoms with Gasteiger partial charge in [-0.25, -0.2) is 0 Å². The quantitative estimate of drug-likeness (QED) is 0.861. The Morgan fingerprint density at radius 2 is 2.00 bits per heavy atom. The lowest BCUT2D eigenvalue weighted by Gasteiger charge is -2.15. The predicted octanol–water partition coefficient (Wildman–Crippen LogP) is 4.02. The van der Waals surface area contributed by atoms with E-state index in [1.165, 1.54) is 6.07 Å². The van der Waals surface area contributed by atoms with Gasteiger partial charge in [-0.1, -0.05) is 17.7 Å². The SMILES string of the molecule is Cc1ccc(Cl)cc1C(O)CCC(F)(F)F. The molecule has 16 heavy (non-hydrogen) atoms. The Morgan fingerprint density at radius 3 is 2.56 bits per heavy atom. The molecule has 0 heterocycles. The zero-order valence-corrected chi connectivity index (χ0v) is 9.44. The highest BCUT2D eigenvalue weighted by atomic mass is 35.5. The van der Waals surface area contributed by atoms with E-state index in [-0.39, 0.29) is 6.42 Å². The Hall–Kier alpha value is -0.740. The summed E-state index contributed by atoms with van der Waals surface area (Å²) in [5, 5.41) is 10.0. The Labute approximate surface area is 96.9 Å². The molecule has 1 rings (SSSR count). The fourth-order valence-electron chi connectivity index (χ4n) is 1.43. The van der Waals surface area contributed by atoms with Crippen molar-refractivity contribution in [2.75, 3.05) is 0 Å². The van der Waals surface area contributed by atoms with E-state index < -0.39 is 18.7 Å². The van der Waals surface area contributed by atoms with Crippen molar-refractivity contribution < 1.29 is 18.3 Å². The molecule has 1 N–H and O–H groups in total. The van der Waals surface area contributed by atoms with Gasteiger partial charge in [0.1, 0.15) is 0 Å². The number of aryl methyl sites for hydroxylation is 1. The molecule has 0 aliphatic carbocycles. The van der Waals surface area contributed by atoms with Gasteiger partial charge in [-0.3, -0.25) is 0 Å². The molecule has 1 aromatic carbocycles. The van der Waals surface area contributed by atoms with Crippen LogP contribution in [0.25, 0.3) is 0 Å². The first-order chi connectivity index (χ1) is 7.29. The normalized spacial score (nSPS) is 13.9. The van der Waals surface area contributed by atoms with Gasteiger partial charge < -0.3 is 5.11 Å². The van der Waals surface area contributed by atoms with Gasteiger partial charge in [0.05, 0.1) is 6.10 Å². The summed E-state index contributed by atoms with van der Waals surface area (Å²) in [5.74, 6) is 0. The Bertz CT molecular complexity index is 363. The van der Waals surface area contributed by atoms with Crippen LogP contribution >= 0.6 is 11.6 Å². The van der Waals surface area contributed by atoms with Gasteiger partial charge in [-0.05, 0) is 36.6 Å². The number of rotatable bonds is 3. The highest BCUT2D eigenvalue weighted by Gasteiger charge is 2.28. The van der Waals surface area contributed by atoms with E-state index in [0.717, 1.165) is 5.56 Å². The van der Waals surface area contributed by atoms with Crippen molar-refractivity contribution in [3.05, 3.63) is 34.3 Å².